The molecule has 1 aromatic rings. The highest BCUT2D eigenvalue weighted by atomic mass is 35.5. The molecule has 0 radical (unpaired) electrons. The Kier molecular flexibility index (Phi) is 6.03. The topological polar surface area (TPSA) is 79.5 Å². The minimum atomic E-state index is -0.568. The fourth-order valence-corrected chi connectivity index (χ4v) is 2.39. The molecule has 1 aliphatic rings. The fourth-order valence-electron chi connectivity index (χ4n) is 2.27. The van der Waals surface area contributed by atoms with Crippen molar-refractivity contribution in [1.29, 1.82) is 0 Å². The molecule has 1 fully saturated rings. The second kappa shape index (κ2) is 8.00. The van der Waals surface area contributed by atoms with Crippen LogP contribution in [0, 0.1) is 5.92 Å². The molecule has 3 amide bonds. The summed E-state index contributed by atoms with van der Waals surface area (Å²) < 4.78 is 5.52. The molecule has 6 nitrogen and oxygen atoms in total. The Morgan fingerprint density at radius 3 is 2.55 bits per heavy atom. The zero-order chi connectivity index (χ0) is 15.9. The van der Waals surface area contributed by atoms with Gasteiger partial charge in [-0.1, -0.05) is 11.6 Å². The number of ether oxygens (including phenoxy) is 1. The predicted molar refractivity (Wildman–Crippen MR) is 83.8 cm³/mol. The van der Waals surface area contributed by atoms with Crippen molar-refractivity contribution in [1.82, 2.24) is 16.0 Å². The van der Waals surface area contributed by atoms with Crippen LogP contribution in [0.5, 0.6) is 5.75 Å². The molecule has 0 bridgehead atoms. The van der Waals surface area contributed by atoms with Crippen LogP contribution in [-0.2, 0) is 4.79 Å². The summed E-state index contributed by atoms with van der Waals surface area (Å²) in [5.74, 6) is 0.235. The molecular weight excluding hydrogens is 306 g/mol. The van der Waals surface area contributed by atoms with E-state index in [2.05, 4.69) is 16.0 Å². The fraction of sp³-hybridized carbons (Fsp3) is 0.467. The Morgan fingerprint density at radius 1 is 1.27 bits per heavy atom. The Balaban J connectivity index is 1.75. The quantitative estimate of drug-likeness (QED) is 0.739. The number of nitrogens with one attached hydrogen (secondary N) is 3. The molecule has 1 aliphatic heterocycles. The normalized spacial score (nSPS) is 16.6. The first-order valence-electron chi connectivity index (χ1n) is 7.29. The lowest BCUT2D eigenvalue weighted by Gasteiger charge is -2.22. The summed E-state index contributed by atoms with van der Waals surface area (Å²) in [5.41, 5.74) is 0. The summed E-state index contributed by atoms with van der Waals surface area (Å²) in [7, 11) is 0. The van der Waals surface area contributed by atoms with E-state index in [9.17, 15) is 9.59 Å². The van der Waals surface area contributed by atoms with Crippen LogP contribution < -0.4 is 20.7 Å². The van der Waals surface area contributed by atoms with Crippen molar-refractivity contribution in [2.75, 3.05) is 13.1 Å². The molecule has 3 N–H and O–H groups in total. The van der Waals surface area contributed by atoms with Gasteiger partial charge in [-0.3, -0.25) is 10.1 Å². The minimum Gasteiger partial charge on any atom is -0.471 e. The van der Waals surface area contributed by atoms with Crippen molar-refractivity contribution in [3.05, 3.63) is 29.3 Å². The summed E-state index contributed by atoms with van der Waals surface area (Å²) in [6, 6.07) is 6.26. The maximum absolute atomic E-state index is 11.9. The Morgan fingerprint density at radius 2 is 1.91 bits per heavy atom. The van der Waals surface area contributed by atoms with Crippen LogP contribution in [0.4, 0.5) is 4.79 Å². The second-order valence-corrected chi connectivity index (χ2v) is 5.64. The maximum atomic E-state index is 11.9. The lowest BCUT2D eigenvalue weighted by Crippen LogP contribution is -2.48. The van der Waals surface area contributed by atoms with Gasteiger partial charge in [-0.15, -0.1) is 0 Å². The van der Waals surface area contributed by atoms with Gasteiger partial charge in [0.15, 0.2) is 6.23 Å². The number of hydrogen-bond donors (Lipinski definition) is 3. The van der Waals surface area contributed by atoms with Crippen LogP contribution in [0.1, 0.15) is 19.8 Å². The predicted octanol–water partition coefficient (Wildman–Crippen LogP) is 1.89. The molecule has 7 heteroatoms. The summed E-state index contributed by atoms with van der Waals surface area (Å²) in [4.78, 5) is 23.7. The number of halogens is 1. The number of carbonyl (C=O) groups is 2. The van der Waals surface area contributed by atoms with Crippen molar-refractivity contribution in [2.45, 2.75) is 26.0 Å². The molecular formula is C15H20ClN3O3. The largest absolute Gasteiger partial charge is 0.471 e. The number of piperidine rings is 1. The Bertz CT molecular complexity index is 515. The molecule has 2 rings (SSSR count). The number of amides is 3. The second-order valence-electron chi connectivity index (χ2n) is 5.20. The SMILES string of the molecule is CC(NC(=O)NC(=O)C1CCNCC1)Oc1ccc(Cl)cc1. The van der Waals surface area contributed by atoms with E-state index >= 15 is 0 Å². The van der Waals surface area contributed by atoms with Crippen molar-refractivity contribution in [2.24, 2.45) is 5.92 Å². The summed E-state index contributed by atoms with van der Waals surface area (Å²) in [5, 5.41) is 8.71. The van der Waals surface area contributed by atoms with E-state index in [0.29, 0.717) is 10.8 Å². The third-order valence-corrected chi connectivity index (χ3v) is 3.66. The molecule has 120 valence electrons. The van der Waals surface area contributed by atoms with Gasteiger partial charge >= 0.3 is 6.03 Å². The smallest absolute Gasteiger partial charge is 0.324 e. The van der Waals surface area contributed by atoms with E-state index in [4.69, 9.17) is 16.3 Å². The number of imide groups is 1. The van der Waals surface area contributed by atoms with Crippen LogP contribution in [0.3, 0.4) is 0 Å². The number of rotatable bonds is 4. The van der Waals surface area contributed by atoms with Crippen molar-refractivity contribution >= 4 is 23.5 Å². The number of carbonyl (C=O) groups excluding carboxylic acids is 2. The van der Waals surface area contributed by atoms with Crippen LogP contribution in [0.25, 0.3) is 0 Å². The summed E-state index contributed by atoms with van der Waals surface area (Å²) >= 11 is 5.79. The number of benzene rings is 1. The molecule has 1 aromatic carbocycles. The number of urea groups is 1. The average molecular weight is 326 g/mol. The molecule has 1 heterocycles. The third-order valence-electron chi connectivity index (χ3n) is 3.41. The van der Waals surface area contributed by atoms with E-state index in [-0.39, 0.29) is 11.8 Å². The minimum absolute atomic E-state index is 0.112. The van der Waals surface area contributed by atoms with Gasteiger partial charge in [0, 0.05) is 10.9 Å². The van der Waals surface area contributed by atoms with Gasteiger partial charge in [0.1, 0.15) is 5.75 Å². The van der Waals surface area contributed by atoms with Gasteiger partial charge in [-0.05, 0) is 57.1 Å². The monoisotopic (exact) mass is 325 g/mol. The highest BCUT2D eigenvalue weighted by molar-refractivity contribution is 6.30. The molecule has 0 spiro atoms. The van der Waals surface area contributed by atoms with Crippen LogP contribution in [0.2, 0.25) is 5.02 Å². The van der Waals surface area contributed by atoms with Gasteiger partial charge in [0.2, 0.25) is 5.91 Å². The zero-order valence-corrected chi connectivity index (χ0v) is 13.2. The van der Waals surface area contributed by atoms with Gasteiger partial charge in [-0.25, -0.2) is 4.79 Å². The van der Waals surface area contributed by atoms with Gasteiger partial charge in [0.25, 0.3) is 0 Å². The van der Waals surface area contributed by atoms with Crippen molar-refractivity contribution in [3.63, 3.8) is 0 Å². The molecule has 1 saturated heterocycles. The van der Waals surface area contributed by atoms with E-state index < -0.39 is 12.3 Å². The first-order chi connectivity index (χ1) is 10.5. The van der Waals surface area contributed by atoms with E-state index in [1.54, 1.807) is 31.2 Å². The molecule has 22 heavy (non-hydrogen) atoms. The standard InChI is InChI=1S/C15H20ClN3O3/c1-10(22-13-4-2-12(16)3-5-13)18-15(21)19-14(20)11-6-8-17-9-7-11/h2-5,10-11,17H,6-9H2,1H3,(H2,18,19,20,21). The van der Waals surface area contributed by atoms with E-state index in [1.165, 1.54) is 0 Å². The van der Waals surface area contributed by atoms with E-state index in [1.807, 2.05) is 0 Å². The highest BCUT2D eigenvalue weighted by Gasteiger charge is 2.22. The van der Waals surface area contributed by atoms with Gasteiger partial charge < -0.3 is 15.4 Å². The molecule has 1 atom stereocenters. The Hall–Kier alpha value is -1.79. The average Bonchev–Trinajstić information content (AvgIpc) is 2.50. The van der Waals surface area contributed by atoms with Gasteiger partial charge in [-0.2, -0.15) is 0 Å². The third kappa shape index (κ3) is 5.20. The van der Waals surface area contributed by atoms with Crippen LogP contribution >= 0.6 is 11.6 Å². The van der Waals surface area contributed by atoms with Gasteiger partial charge in [0.05, 0.1) is 0 Å². The maximum Gasteiger partial charge on any atom is 0.324 e. The molecule has 0 aliphatic carbocycles. The lowest BCUT2D eigenvalue weighted by molar-refractivity contribution is -0.124. The summed E-state index contributed by atoms with van der Waals surface area (Å²) in [6.07, 6.45) is 0.924. The van der Waals surface area contributed by atoms with Crippen molar-refractivity contribution < 1.29 is 14.3 Å². The number of hydrogen-bond acceptors (Lipinski definition) is 4. The highest BCUT2D eigenvalue weighted by Crippen LogP contribution is 2.16. The first-order valence-corrected chi connectivity index (χ1v) is 7.66. The van der Waals surface area contributed by atoms with E-state index in [0.717, 1.165) is 25.9 Å². The summed E-state index contributed by atoms with van der Waals surface area (Å²) in [6.45, 7) is 3.29. The van der Waals surface area contributed by atoms with Crippen LogP contribution in [-0.4, -0.2) is 31.3 Å². The van der Waals surface area contributed by atoms with Crippen LogP contribution in [0.15, 0.2) is 24.3 Å². The lowest BCUT2D eigenvalue weighted by atomic mass is 9.97. The zero-order valence-electron chi connectivity index (χ0n) is 12.4. The van der Waals surface area contributed by atoms with Crippen molar-refractivity contribution in [3.8, 4) is 5.75 Å². The first kappa shape index (κ1) is 16.6. The molecule has 0 saturated carbocycles. The molecule has 1 unspecified atom stereocenters. The molecule has 0 aromatic heterocycles. The Labute approximate surface area is 134 Å².